The Labute approximate surface area is 204 Å². The number of hydroxylamine groups is 2. The Morgan fingerprint density at radius 3 is 2.71 bits per heavy atom. The zero-order chi connectivity index (χ0) is 24.4. The van der Waals surface area contributed by atoms with E-state index in [1.807, 2.05) is 43.5 Å². The molecule has 5 nitrogen and oxygen atoms in total. The standard InChI is InChI=1S/C28H31F2N3O2/c1-3-23-24-8-7-20(13-25(24)27(30)15-26(23)29)21-5-6-22-16-33(18-31-28(22)14-21)35-11-4-9-32-10-12-34-17-19(32)2/h5-8,13-16,19H,3-4,9-12,17-18H2,1-2H3/t19-/m1/s1. The highest BCUT2D eigenvalue weighted by molar-refractivity contribution is 5.90. The molecule has 0 aliphatic carbocycles. The van der Waals surface area contributed by atoms with Gasteiger partial charge in [-0.2, -0.15) is 0 Å². The maximum Gasteiger partial charge on any atom is 0.135 e. The van der Waals surface area contributed by atoms with E-state index in [-0.39, 0.29) is 0 Å². The quantitative estimate of drug-likeness (QED) is 0.480. The number of ether oxygens (including phenoxy) is 1. The molecule has 0 spiro atoms. The van der Waals surface area contributed by atoms with Gasteiger partial charge in [-0.25, -0.2) is 13.8 Å². The molecular formula is C28H31F2N3O2. The molecular weight excluding hydrogens is 448 g/mol. The number of fused-ring (bicyclic) bond motifs is 2. The number of hydrogen-bond acceptors (Lipinski definition) is 5. The van der Waals surface area contributed by atoms with Crippen LogP contribution in [0.5, 0.6) is 0 Å². The van der Waals surface area contributed by atoms with Crippen LogP contribution in [0.2, 0.25) is 0 Å². The van der Waals surface area contributed by atoms with Gasteiger partial charge in [-0.3, -0.25) is 14.7 Å². The zero-order valence-electron chi connectivity index (χ0n) is 20.3. The Kier molecular flexibility index (Phi) is 7.09. The van der Waals surface area contributed by atoms with E-state index >= 15 is 0 Å². The summed E-state index contributed by atoms with van der Waals surface area (Å²) in [5.41, 5.74) is 2.36. The van der Waals surface area contributed by atoms with E-state index in [1.54, 1.807) is 11.1 Å². The summed E-state index contributed by atoms with van der Waals surface area (Å²) < 4.78 is 34.2. The minimum absolute atomic E-state index is 0.426. The molecule has 184 valence electrons. The van der Waals surface area contributed by atoms with Crippen LogP contribution in [0.15, 0.2) is 47.5 Å². The third kappa shape index (κ3) is 5.08. The van der Waals surface area contributed by atoms with Crippen LogP contribution in [-0.2, 0) is 16.0 Å². The maximum atomic E-state index is 14.5. The lowest BCUT2D eigenvalue weighted by Gasteiger charge is -2.33. The minimum Gasteiger partial charge on any atom is -0.379 e. The summed E-state index contributed by atoms with van der Waals surface area (Å²) in [5, 5.41) is 4.69. The van der Waals surface area contributed by atoms with Crippen molar-refractivity contribution in [2.75, 3.05) is 39.6 Å². The van der Waals surface area contributed by atoms with Crippen molar-refractivity contribution in [3.05, 3.63) is 70.2 Å². The lowest BCUT2D eigenvalue weighted by molar-refractivity contribution is -0.108. The number of benzene rings is 3. The van der Waals surface area contributed by atoms with Crippen molar-refractivity contribution in [2.24, 2.45) is 4.99 Å². The number of aryl methyl sites for hydroxylation is 1. The average Bonchev–Trinajstić information content (AvgIpc) is 2.87. The van der Waals surface area contributed by atoms with Crippen molar-refractivity contribution < 1.29 is 18.4 Å². The Hall–Kier alpha value is -2.87. The summed E-state index contributed by atoms with van der Waals surface area (Å²) in [7, 11) is 0. The van der Waals surface area contributed by atoms with Gasteiger partial charge in [0.15, 0.2) is 0 Å². The number of halogens is 2. The van der Waals surface area contributed by atoms with Gasteiger partial charge < -0.3 is 4.74 Å². The Morgan fingerprint density at radius 2 is 1.89 bits per heavy atom. The number of nitrogens with zero attached hydrogens (tertiary/aromatic N) is 3. The molecule has 5 rings (SSSR count). The first kappa shape index (κ1) is 23.9. The third-order valence-electron chi connectivity index (χ3n) is 6.88. The second-order valence-electron chi connectivity index (χ2n) is 9.20. The Bertz CT molecular complexity index is 1340. The Balaban J connectivity index is 1.28. The van der Waals surface area contributed by atoms with Gasteiger partial charge in [0.05, 0.1) is 25.2 Å². The Morgan fingerprint density at radius 1 is 1.06 bits per heavy atom. The molecule has 2 aliphatic heterocycles. The summed E-state index contributed by atoms with van der Waals surface area (Å²) in [6.45, 7) is 8.70. The van der Waals surface area contributed by atoms with Gasteiger partial charge in [-0.15, -0.1) is 0 Å². The van der Waals surface area contributed by atoms with Crippen LogP contribution in [0.25, 0.3) is 28.1 Å². The number of hydrogen-bond donors (Lipinski definition) is 0. The van der Waals surface area contributed by atoms with Crippen LogP contribution in [0.4, 0.5) is 8.78 Å². The predicted molar refractivity (Wildman–Crippen MR) is 133 cm³/mol. The van der Waals surface area contributed by atoms with E-state index in [2.05, 4.69) is 16.8 Å². The molecule has 0 amide bonds. The van der Waals surface area contributed by atoms with E-state index in [4.69, 9.17) is 9.57 Å². The molecule has 2 heterocycles. The minimum atomic E-state index is -0.539. The summed E-state index contributed by atoms with van der Waals surface area (Å²) in [6, 6.07) is 13.0. The van der Waals surface area contributed by atoms with Crippen LogP contribution in [-0.4, -0.2) is 55.6 Å². The van der Waals surface area contributed by atoms with E-state index < -0.39 is 11.6 Å². The second kappa shape index (κ2) is 10.4. The molecule has 35 heavy (non-hydrogen) atoms. The molecule has 3 aromatic carbocycles. The fourth-order valence-corrected chi connectivity index (χ4v) is 4.88. The number of morpholine rings is 1. The largest absolute Gasteiger partial charge is 0.379 e. The summed E-state index contributed by atoms with van der Waals surface area (Å²) in [4.78, 5) is 13.0. The van der Waals surface area contributed by atoms with Crippen LogP contribution in [0, 0.1) is 11.6 Å². The van der Waals surface area contributed by atoms with Crippen molar-refractivity contribution in [2.45, 2.75) is 32.7 Å². The highest BCUT2D eigenvalue weighted by Crippen LogP contribution is 2.29. The van der Waals surface area contributed by atoms with E-state index in [0.717, 1.165) is 60.5 Å². The molecule has 2 aliphatic rings. The van der Waals surface area contributed by atoms with Crippen LogP contribution in [0.3, 0.4) is 0 Å². The van der Waals surface area contributed by atoms with Crippen LogP contribution in [0.1, 0.15) is 25.8 Å². The van der Waals surface area contributed by atoms with Gasteiger partial charge in [-0.1, -0.05) is 31.2 Å². The third-order valence-corrected chi connectivity index (χ3v) is 6.88. The van der Waals surface area contributed by atoms with Crippen molar-refractivity contribution >= 4 is 17.0 Å². The summed E-state index contributed by atoms with van der Waals surface area (Å²) in [6.07, 6.45) is 3.43. The zero-order valence-corrected chi connectivity index (χ0v) is 20.3. The highest BCUT2D eigenvalue weighted by atomic mass is 19.1. The maximum absolute atomic E-state index is 14.5. The van der Waals surface area contributed by atoms with Gasteiger partial charge in [-0.05, 0) is 54.0 Å². The van der Waals surface area contributed by atoms with Crippen LogP contribution >= 0.6 is 0 Å². The molecule has 0 bridgehead atoms. The highest BCUT2D eigenvalue weighted by Gasteiger charge is 2.18. The monoisotopic (exact) mass is 479 g/mol. The molecule has 1 fully saturated rings. The van der Waals surface area contributed by atoms with Crippen molar-refractivity contribution in [3.8, 4) is 11.1 Å². The predicted octanol–water partition coefficient (Wildman–Crippen LogP) is 4.02. The SMILES string of the molecule is CCc1c(F)cc(F)c2cc(-c3ccc4c(c3)=NCN(OCCCN3CCOC[C@H]3C)C=4)ccc12. The molecule has 3 aromatic rings. The topological polar surface area (TPSA) is 37.3 Å². The lowest BCUT2D eigenvalue weighted by atomic mass is 9.96. The van der Waals surface area contributed by atoms with E-state index in [0.29, 0.717) is 42.1 Å². The summed E-state index contributed by atoms with van der Waals surface area (Å²) >= 11 is 0. The molecule has 0 aromatic heterocycles. The second-order valence-corrected chi connectivity index (χ2v) is 9.20. The molecule has 0 unspecified atom stereocenters. The molecule has 7 heteroatoms. The molecule has 0 radical (unpaired) electrons. The van der Waals surface area contributed by atoms with Crippen molar-refractivity contribution in [1.29, 1.82) is 0 Å². The lowest BCUT2D eigenvalue weighted by Crippen LogP contribution is -2.44. The van der Waals surface area contributed by atoms with Gasteiger partial charge >= 0.3 is 0 Å². The molecule has 0 saturated carbocycles. The van der Waals surface area contributed by atoms with Gasteiger partial charge in [0.2, 0.25) is 0 Å². The molecule has 1 saturated heterocycles. The fraction of sp³-hybridized carbons (Fsp3) is 0.393. The van der Waals surface area contributed by atoms with Gasteiger partial charge in [0, 0.05) is 42.0 Å². The first-order valence-corrected chi connectivity index (χ1v) is 12.3. The smallest absolute Gasteiger partial charge is 0.135 e. The van der Waals surface area contributed by atoms with E-state index in [9.17, 15) is 8.78 Å². The first-order chi connectivity index (χ1) is 17.0. The normalized spacial score (nSPS) is 18.3. The first-order valence-electron chi connectivity index (χ1n) is 12.3. The van der Waals surface area contributed by atoms with Gasteiger partial charge in [0.25, 0.3) is 0 Å². The van der Waals surface area contributed by atoms with Gasteiger partial charge in [0.1, 0.15) is 18.3 Å². The van der Waals surface area contributed by atoms with Crippen molar-refractivity contribution in [1.82, 2.24) is 9.96 Å². The molecule has 0 N–H and O–H groups in total. The molecule has 1 atom stereocenters. The van der Waals surface area contributed by atoms with Crippen LogP contribution < -0.4 is 10.6 Å². The van der Waals surface area contributed by atoms with E-state index in [1.165, 1.54) is 0 Å². The fourth-order valence-electron chi connectivity index (χ4n) is 4.88. The summed E-state index contributed by atoms with van der Waals surface area (Å²) in [5.74, 6) is -1.03. The average molecular weight is 480 g/mol. The number of rotatable bonds is 7. The van der Waals surface area contributed by atoms with Crippen molar-refractivity contribution in [3.63, 3.8) is 0 Å².